The SMILES string of the molecule is COc1ncnc(C2CC2)c1-c1nc(OCc2ccc(-c3nc(C(F)(F)F)cn3C)cc2)c2cccn2n1. The van der Waals surface area contributed by atoms with E-state index < -0.39 is 11.9 Å². The van der Waals surface area contributed by atoms with Crippen LogP contribution in [0, 0.1) is 0 Å². The fraction of sp³-hybridized carbons (Fsp3) is 0.269. The molecule has 0 amide bonds. The van der Waals surface area contributed by atoms with Gasteiger partial charge in [0.25, 0.3) is 0 Å². The van der Waals surface area contributed by atoms with E-state index in [1.54, 1.807) is 42.1 Å². The van der Waals surface area contributed by atoms with E-state index in [1.165, 1.54) is 17.9 Å². The van der Waals surface area contributed by atoms with E-state index in [0.29, 0.717) is 40.1 Å². The number of ether oxygens (including phenoxy) is 2. The number of aryl methyl sites for hydroxylation is 1. The first-order valence-electron chi connectivity index (χ1n) is 11.9. The normalized spacial score (nSPS) is 13.7. The van der Waals surface area contributed by atoms with Gasteiger partial charge in [-0.1, -0.05) is 24.3 Å². The zero-order chi connectivity index (χ0) is 26.4. The average Bonchev–Trinajstić information content (AvgIpc) is 3.51. The highest BCUT2D eigenvalue weighted by molar-refractivity contribution is 5.68. The summed E-state index contributed by atoms with van der Waals surface area (Å²) in [4.78, 5) is 17.2. The van der Waals surface area contributed by atoms with Crippen LogP contribution >= 0.6 is 0 Å². The van der Waals surface area contributed by atoms with Crippen molar-refractivity contribution >= 4 is 5.52 Å². The molecule has 0 atom stereocenters. The quantitative estimate of drug-likeness (QED) is 0.295. The van der Waals surface area contributed by atoms with Gasteiger partial charge in [0.05, 0.1) is 12.8 Å². The summed E-state index contributed by atoms with van der Waals surface area (Å²) < 4.78 is 53.8. The second-order valence-electron chi connectivity index (χ2n) is 9.04. The highest BCUT2D eigenvalue weighted by Crippen LogP contribution is 2.45. The fourth-order valence-electron chi connectivity index (χ4n) is 4.31. The number of fused-ring (bicyclic) bond motifs is 1. The molecule has 6 rings (SSSR count). The Morgan fingerprint density at radius 3 is 2.50 bits per heavy atom. The Morgan fingerprint density at radius 1 is 1.03 bits per heavy atom. The van der Waals surface area contributed by atoms with Crippen LogP contribution in [0.15, 0.2) is 55.1 Å². The smallest absolute Gasteiger partial charge is 0.434 e. The molecule has 1 saturated carbocycles. The Hall–Kier alpha value is -4.48. The van der Waals surface area contributed by atoms with Crippen molar-refractivity contribution in [1.82, 2.24) is 34.1 Å². The molecule has 5 aromatic rings. The maximum atomic E-state index is 13.0. The van der Waals surface area contributed by atoms with Gasteiger partial charge in [-0.05, 0) is 30.5 Å². The van der Waals surface area contributed by atoms with Gasteiger partial charge >= 0.3 is 6.18 Å². The van der Waals surface area contributed by atoms with Crippen LogP contribution in [0.2, 0.25) is 0 Å². The van der Waals surface area contributed by atoms with Crippen LogP contribution in [-0.2, 0) is 19.8 Å². The molecule has 0 radical (unpaired) electrons. The highest BCUT2D eigenvalue weighted by Gasteiger charge is 2.34. The lowest BCUT2D eigenvalue weighted by Crippen LogP contribution is -2.07. The van der Waals surface area contributed by atoms with Crippen LogP contribution < -0.4 is 9.47 Å². The number of hydrogen-bond acceptors (Lipinski definition) is 7. The Balaban J connectivity index is 1.28. The molecule has 4 heterocycles. The third-order valence-corrected chi connectivity index (χ3v) is 6.33. The molecular formula is C26H22F3N7O2. The predicted molar refractivity (Wildman–Crippen MR) is 131 cm³/mol. The van der Waals surface area contributed by atoms with Crippen LogP contribution in [0.5, 0.6) is 11.8 Å². The first kappa shape index (κ1) is 23.9. The van der Waals surface area contributed by atoms with E-state index in [0.717, 1.165) is 30.3 Å². The van der Waals surface area contributed by atoms with E-state index in [1.807, 2.05) is 12.1 Å². The van der Waals surface area contributed by atoms with Gasteiger partial charge in [0.15, 0.2) is 11.5 Å². The van der Waals surface area contributed by atoms with E-state index in [2.05, 4.69) is 20.1 Å². The number of alkyl halides is 3. The number of benzene rings is 1. The third-order valence-electron chi connectivity index (χ3n) is 6.33. The van der Waals surface area contributed by atoms with E-state index >= 15 is 0 Å². The molecule has 0 N–H and O–H groups in total. The monoisotopic (exact) mass is 521 g/mol. The molecule has 0 unspecified atom stereocenters. The molecule has 38 heavy (non-hydrogen) atoms. The lowest BCUT2D eigenvalue weighted by Gasteiger charge is -2.13. The maximum absolute atomic E-state index is 13.0. The molecule has 194 valence electrons. The van der Waals surface area contributed by atoms with Crippen molar-refractivity contribution in [2.24, 2.45) is 7.05 Å². The summed E-state index contributed by atoms with van der Waals surface area (Å²) in [5.41, 5.74) is 2.63. The van der Waals surface area contributed by atoms with Crippen LogP contribution in [-0.4, -0.2) is 41.2 Å². The molecule has 1 fully saturated rings. The Kier molecular flexibility index (Phi) is 5.73. The highest BCUT2D eigenvalue weighted by atomic mass is 19.4. The van der Waals surface area contributed by atoms with Gasteiger partial charge in [-0.2, -0.15) is 18.2 Å². The second-order valence-corrected chi connectivity index (χ2v) is 9.04. The van der Waals surface area contributed by atoms with Gasteiger partial charge in [-0.3, -0.25) is 0 Å². The second kappa shape index (κ2) is 9.12. The van der Waals surface area contributed by atoms with Gasteiger partial charge in [0.1, 0.15) is 29.8 Å². The van der Waals surface area contributed by atoms with Crippen LogP contribution in [0.4, 0.5) is 13.2 Å². The van der Waals surface area contributed by atoms with Crippen molar-refractivity contribution in [2.45, 2.75) is 31.5 Å². The number of rotatable bonds is 7. The van der Waals surface area contributed by atoms with Gasteiger partial charge in [0.2, 0.25) is 11.8 Å². The minimum absolute atomic E-state index is 0.184. The zero-order valence-electron chi connectivity index (χ0n) is 20.5. The third kappa shape index (κ3) is 4.42. The van der Waals surface area contributed by atoms with E-state index in [9.17, 15) is 13.2 Å². The standard InChI is InChI=1S/C26H22F3N7O2/c1-35-12-19(26(27,28)29)32-23(35)17-7-5-15(6-8-17)13-38-24-18-4-3-11-36(18)34-22(33-24)20-21(16-9-10-16)30-14-31-25(20)37-2/h3-8,11-12,14,16H,9-10,13H2,1-2H3. The molecule has 0 aliphatic heterocycles. The number of aromatic nitrogens is 7. The minimum Gasteiger partial charge on any atom is -0.480 e. The Morgan fingerprint density at radius 2 is 1.82 bits per heavy atom. The van der Waals surface area contributed by atoms with Crippen LogP contribution in [0.25, 0.3) is 28.3 Å². The largest absolute Gasteiger partial charge is 0.480 e. The molecule has 1 aliphatic rings. The van der Waals surface area contributed by atoms with Crippen molar-refractivity contribution in [3.8, 4) is 34.5 Å². The van der Waals surface area contributed by atoms with Gasteiger partial charge in [-0.15, -0.1) is 5.10 Å². The van der Waals surface area contributed by atoms with Crippen LogP contribution in [0.3, 0.4) is 0 Å². The number of halogens is 3. The summed E-state index contributed by atoms with van der Waals surface area (Å²) in [6.45, 7) is 0.184. The summed E-state index contributed by atoms with van der Waals surface area (Å²) in [5, 5.41) is 4.65. The summed E-state index contributed by atoms with van der Waals surface area (Å²) in [6.07, 6.45) is 1.84. The lowest BCUT2D eigenvalue weighted by atomic mass is 10.1. The zero-order valence-corrected chi connectivity index (χ0v) is 20.5. The molecule has 12 heteroatoms. The average molecular weight is 522 g/mol. The number of imidazole rings is 1. The van der Waals surface area contributed by atoms with Crippen molar-refractivity contribution in [3.05, 3.63) is 72.1 Å². The number of hydrogen-bond donors (Lipinski definition) is 0. The summed E-state index contributed by atoms with van der Waals surface area (Å²) in [7, 11) is 3.08. The molecule has 0 bridgehead atoms. The topological polar surface area (TPSA) is 92.3 Å². The maximum Gasteiger partial charge on any atom is 0.434 e. The Bertz CT molecular complexity index is 1620. The molecular weight excluding hydrogens is 499 g/mol. The van der Waals surface area contributed by atoms with E-state index in [-0.39, 0.29) is 12.4 Å². The number of methoxy groups -OCH3 is 1. The summed E-state index contributed by atoms with van der Waals surface area (Å²) in [6, 6.07) is 10.7. The lowest BCUT2D eigenvalue weighted by molar-refractivity contribution is -0.140. The van der Waals surface area contributed by atoms with Crippen molar-refractivity contribution in [2.75, 3.05) is 7.11 Å². The van der Waals surface area contributed by atoms with Gasteiger partial charge in [-0.25, -0.2) is 19.5 Å². The first-order valence-corrected chi connectivity index (χ1v) is 11.9. The Labute approximate surface area is 214 Å². The number of nitrogens with zero attached hydrogens (tertiary/aromatic N) is 7. The molecule has 9 nitrogen and oxygen atoms in total. The molecule has 1 aromatic carbocycles. The molecule has 1 aliphatic carbocycles. The molecule has 0 saturated heterocycles. The minimum atomic E-state index is -4.50. The van der Waals surface area contributed by atoms with E-state index in [4.69, 9.17) is 14.5 Å². The first-order chi connectivity index (χ1) is 18.3. The fourth-order valence-corrected chi connectivity index (χ4v) is 4.31. The van der Waals surface area contributed by atoms with Crippen LogP contribution in [0.1, 0.15) is 35.7 Å². The summed E-state index contributed by atoms with van der Waals surface area (Å²) in [5.74, 6) is 1.72. The van der Waals surface area contributed by atoms with Gasteiger partial charge in [0, 0.05) is 30.9 Å². The van der Waals surface area contributed by atoms with Gasteiger partial charge < -0.3 is 14.0 Å². The van der Waals surface area contributed by atoms with Crippen molar-refractivity contribution in [1.29, 1.82) is 0 Å². The van der Waals surface area contributed by atoms with Crippen molar-refractivity contribution < 1.29 is 22.6 Å². The molecule has 4 aromatic heterocycles. The predicted octanol–water partition coefficient (Wildman–Crippen LogP) is 5.07. The van der Waals surface area contributed by atoms with Crippen molar-refractivity contribution in [3.63, 3.8) is 0 Å². The molecule has 0 spiro atoms. The summed E-state index contributed by atoms with van der Waals surface area (Å²) >= 11 is 0.